The zero-order chi connectivity index (χ0) is 20.4. The van der Waals surface area contributed by atoms with Gasteiger partial charge in [0.2, 0.25) is 5.91 Å². The number of nitrogens with one attached hydrogen (secondary N) is 2. The van der Waals surface area contributed by atoms with E-state index >= 15 is 0 Å². The molecule has 5 atom stereocenters. The molecule has 1 saturated heterocycles. The lowest BCUT2D eigenvalue weighted by molar-refractivity contribution is -0.206. The Morgan fingerprint density at radius 1 is 1.10 bits per heavy atom. The van der Waals surface area contributed by atoms with Crippen molar-refractivity contribution in [1.82, 2.24) is 5.32 Å². The fraction of sp³-hybridized carbons (Fsp3) is 0.619. The summed E-state index contributed by atoms with van der Waals surface area (Å²) in [7, 11) is 0. The molecule has 158 valence electrons. The van der Waals surface area contributed by atoms with Gasteiger partial charge in [-0.1, -0.05) is 24.6 Å². The van der Waals surface area contributed by atoms with Crippen LogP contribution in [0.4, 0.5) is 10.5 Å². The van der Waals surface area contributed by atoms with Gasteiger partial charge in [0.05, 0.1) is 11.3 Å². The van der Waals surface area contributed by atoms with Gasteiger partial charge in [-0.15, -0.1) is 0 Å². The number of anilines is 1. The SMILES string of the molecule is CS[C@@H]1[C@@H](NC(C)=O)[C@@H](OC(=O)Nc2ccccc2)[C@H]2OC3(CCCCC3)O[C@H]21. The van der Waals surface area contributed by atoms with Crippen LogP contribution in [0.2, 0.25) is 0 Å². The van der Waals surface area contributed by atoms with Crippen LogP contribution in [-0.2, 0) is 19.0 Å². The molecule has 1 heterocycles. The number of hydrogen-bond acceptors (Lipinski definition) is 6. The lowest BCUT2D eigenvalue weighted by Crippen LogP contribution is -2.50. The maximum atomic E-state index is 12.6. The number of rotatable bonds is 4. The number of ether oxygens (including phenoxy) is 3. The van der Waals surface area contributed by atoms with E-state index in [0.29, 0.717) is 5.69 Å². The van der Waals surface area contributed by atoms with Crippen molar-refractivity contribution in [2.45, 2.75) is 74.4 Å². The minimum absolute atomic E-state index is 0.0558. The zero-order valence-electron chi connectivity index (χ0n) is 16.8. The second-order valence-electron chi connectivity index (χ2n) is 7.92. The molecule has 0 unspecified atom stereocenters. The maximum absolute atomic E-state index is 12.6. The van der Waals surface area contributed by atoms with Crippen LogP contribution >= 0.6 is 11.8 Å². The molecule has 2 saturated carbocycles. The van der Waals surface area contributed by atoms with E-state index in [1.165, 1.54) is 13.3 Å². The highest BCUT2D eigenvalue weighted by Gasteiger charge is 2.62. The van der Waals surface area contributed by atoms with E-state index in [-0.39, 0.29) is 23.3 Å². The molecule has 1 aliphatic heterocycles. The molecule has 3 aliphatic rings. The minimum Gasteiger partial charge on any atom is -0.441 e. The molecule has 4 rings (SSSR count). The average molecular weight is 421 g/mol. The molecule has 1 spiro atoms. The average Bonchev–Trinajstić information content (AvgIpc) is 3.16. The van der Waals surface area contributed by atoms with Gasteiger partial charge < -0.3 is 19.5 Å². The molecule has 2 N–H and O–H groups in total. The predicted molar refractivity (Wildman–Crippen MR) is 111 cm³/mol. The van der Waals surface area contributed by atoms with E-state index in [2.05, 4.69) is 10.6 Å². The summed E-state index contributed by atoms with van der Waals surface area (Å²) in [6.45, 7) is 1.47. The van der Waals surface area contributed by atoms with Gasteiger partial charge in [-0.25, -0.2) is 4.79 Å². The minimum atomic E-state index is -0.619. The number of thioether (sulfide) groups is 1. The third-order valence-corrected chi connectivity index (χ3v) is 7.01. The molecule has 1 aromatic carbocycles. The van der Waals surface area contributed by atoms with Crippen molar-refractivity contribution >= 4 is 29.4 Å². The first-order chi connectivity index (χ1) is 14.0. The largest absolute Gasteiger partial charge is 0.441 e. The summed E-state index contributed by atoms with van der Waals surface area (Å²) in [6.07, 6.45) is 5.21. The highest BCUT2D eigenvalue weighted by Crippen LogP contribution is 2.48. The number of carbonyl (C=O) groups excluding carboxylic acids is 2. The highest BCUT2D eigenvalue weighted by molar-refractivity contribution is 7.99. The van der Waals surface area contributed by atoms with Crippen molar-refractivity contribution in [3.05, 3.63) is 30.3 Å². The maximum Gasteiger partial charge on any atom is 0.412 e. The topological polar surface area (TPSA) is 85.9 Å². The zero-order valence-corrected chi connectivity index (χ0v) is 17.6. The van der Waals surface area contributed by atoms with Crippen LogP contribution in [0.1, 0.15) is 39.0 Å². The molecule has 0 radical (unpaired) electrons. The molecule has 7 nitrogen and oxygen atoms in total. The quantitative estimate of drug-likeness (QED) is 0.777. The molecule has 2 aliphatic carbocycles. The lowest BCUT2D eigenvalue weighted by atomic mass is 9.94. The summed E-state index contributed by atoms with van der Waals surface area (Å²) in [6, 6.07) is 8.76. The van der Waals surface area contributed by atoms with E-state index < -0.39 is 24.1 Å². The van der Waals surface area contributed by atoms with E-state index in [9.17, 15) is 9.59 Å². The van der Waals surface area contributed by atoms with Gasteiger partial charge in [-0.3, -0.25) is 10.1 Å². The molecule has 8 heteroatoms. The van der Waals surface area contributed by atoms with Gasteiger partial charge in [-0.2, -0.15) is 11.8 Å². The summed E-state index contributed by atoms with van der Waals surface area (Å²) >= 11 is 1.61. The first-order valence-electron chi connectivity index (χ1n) is 10.2. The Morgan fingerprint density at radius 3 is 2.45 bits per heavy atom. The Labute approximate surface area is 175 Å². The fourth-order valence-corrected chi connectivity index (χ4v) is 5.70. The summed E-state index contributed by atoms with van der Waals surface area (Å²) in [5, 5.41) is 5.65. The van der Waals surface area contributed by atoms with Crippen molar-refractivity contribution in [3.63, 3.8) is 0 Å². The van der Waals surface area contributed by atoms with Gasteiger partial charge in [-0.05, 0) is 31.2 Å². The van der Waals surface area contributed by atoms with Gasteiger partial charge in [0, 0.05) is 25.5 Å². The molecule has 3 fully saturated rings. The van der Waals surface area contributed by atoms with Crippen LogP contribution in [0.25, 0.3) is 0 Å². The molecule has 2 amide bonds. The number of benzene rings is 1. The Bertz CT molecular complexity index is 740. The van der Waals surface area contributed by atoms with Crippen molar-refractivity contribution < 1.29 is 23.8 Å². The van der Waals surface area contributed by atoms with Gasteiger partial charge in [0.1, 0.15) is 12.2 Å². The Kier molecular flexibility index (Phi) is 6.03. The lowest BCUT2D eigenvalue weighted by Gasteiger charge is -2.35. The Hall–Kier alpha value is -1.77. The normalized spacial score (nSPS) is 32.6. The second-order valence-corrected chi connectivity index (χ2v) is 8.94. The van der Waals surface area contributed by atoms with Crippen molar-refractivity contribution in [2.75, 3.05) is 11.6 Å². The monoisotopic (exact) mass is 420 g/mol. The summed E-state index contributed by atoms with van der Waals surface area (Å²) in [5.74, 6) is -0.751. The predicted octanol–water partition coefficient (Wildman–Crippen LogP) is 3.30. The Morgan fingerprint density at radius 2 is 1.79 bits per heavy atom. The second kappa shape index (κ2) is 8.53. The molecular weight excluding hydrogens is 392 g/mol. The third-order valence-electron chi connectivity index (χ3n) is 5.90. The van der Waals surface area contributed by atoms with Crippen molar-refractivity contribution in [2.24, 2.45) is 0 Å². The van der Waals surface area contributed by atoms with Crippen LogP contribution in [0.5, 0.6) is 0 Å². The van der Waals surface area contributed by atoms with Crippen LogP contribution < -0.4 is 10.6 Å². The molecule has 0 bridgehead atoms. The van der Waals surface area contributed by atoms with E-state index in [4.69, 9.17) is 14.2 Å². The first kappa shape index (κ1) is 20.5. The number of fused-ring (bicyclic) bond motifs is 1. The van der Waals surface area contributed by atoms with Crippen molar-refractivity contribution in [3.8, 4) is 0 Å². The van der Waals surface area contributed by atoms with Gasteiger partial charge >= 0.3 is 6.09 Å². The van der Waals surface area contributed by atoms with Crippen LogP contribution in [0.3, 0.4) is 0 Å². The molecule has 1 aromatic rings. The number of amides is 2. The summed E-state index contributed by atoms with van der Waals surface area (Å²) in [4.78, 5) is 24.4. The highest BCUT2D eigenvalue weighted by atomic mass is 32.2. The number of hydrogen-bond donors (Lipinski definition) is 2. The van der Waals surface area contributed by atoms with Gasteiger partial charge in [0.15, 0.2) is 11.9 Å². The van der Waals surface area contributed by atoms with Crippen LogP contribution in [0.15, 0.2) is 30.3 Å². The van der Waals surface area contributed by atoms with Crippen molar-refractivity contribution in [1.29, 1.82) is 0 Å². The smallest absolute Gasteiger partial charge is 0.412 e. The summed E-state index contributed by atoms with van der Waals surface area (Å²) in [5.41, 5.74) is 0.650. The molecular formula is C21H28N2O5S. The van der Waals surface area contributed by atoms with Crippen LogP contribution in [0, 0.1) is 0 Å². The number of carbonyl (C=O) groups is 2. The van der Waals surface area contributed by atoms with E-state index in [0.717, 1.165) is 25.7 Å². The van der Waals surface area contributed by atoms with Gasteiger partial charge in [0.25, 0.3) is 0 Å². The first-order valence-corrected chi connectivity index (χ1v) is 11.5. The van der Waals surface area contributed by atoms with E-state index in [1.807, 2.05) is 24.5 Å². The van der Waals surface area contributed by atoms with E-state index in [1.54, 1.807) is 23.9 Å². The fourth-order valence-electron chi connectivity index (χ4n) is 4.70. The number of para-hydroxylation sites is 1. The third kappa shape index (κ3) is 4.25. The molecule has 0 aromatic heterocycles. The van der Waals surface area contributed by atoms with Crippen LogP contribution in [-0.4, -0.2) is 53.6 Å². The summed E-state index contributed by atoms with van der Waals surface area (Å²) < 4.78 is 18.7. The standard InChI is InChI=1S/C21H28N2O5S/c1-13(24)22-15-16(26-20(25)23-14-9-5-3-6-10-14)17-18(19(15)29-2)28-21(27-17)11-7-4-8-12-21/h3,5-6,9-10,15-19H,4,7-8,11-12H2,1-2H3,(H,22,24)(H,23,25)/t15-,16+,17+,18+,19+/m0/s1. The Balaban J connectivity index is 1.54. The molecule has 29 heavy (non-hydrogen) atoms.